The van der Waals surface area contributed by atoms with Crippen molar-refractivity contribution in [3.63, 3.8) is 0 Å². The van der Waals surface area contributed by atoms with E-state index in [-0.39, 0.29) is 0 Å². The van der Waals surface area contributed by atoms with Crippen molar-refractivity contribution in [2.75, 3.05) is 31.1 Å². The van der Waals surface area contributed by atoms with Gasteiger partial charge in [0.05, 0.1) is 10.2 Å². The first-order chi connectivity index (χ1) is 8.79. The molecule has 3 nitrogen and oxygen atoms in total. The Balaban J connectivity index is 1.80. The molecule has 98 valence electrons. The maximum Gasteiger partial charge on any atom is 0.0592 e. The van der Waals surface area contributed by atoms with Gasteiger partial charge in [0, 0.05) is 37.4 Å². The number of nitrogens with zero attached hydrogens (tertiary/aromatic N) is 2. The molecule has 2 saturated heterocycles. The molecule has 1 N–H and O–H groups in total. The van der Waals surface area contributed by atoms with E-state index in [1.807, 2.05) is 12.4 Å². The fourth-order valence-corrected chi connectivity index (χ4v) is 3.92. The van der Waals surface area contributed by atoms with Crippen molar-refractivity contribution >= 4 is 21.6 Å². The zero-order valence-electron chi connectivity index (χ0n) is 10.7. The molecule has 1 atom stereocenters. The third-order valence-electron chi connectivity index (χ3n) is 4.31. The first kappa shape index (κ1) is 12.4. The Morgan fingerprint density at radius 2 is 2.22 bits per heavy atom. The van der Waals surface area contributed by atoms with Crippen molar-refractivity contribution in [2.45, 2.75) is 25.7 Å². The number of halogens is 1. The van der Waals surface area contributed by atoms with E-state index in [9.17, 15) is 0 Å². The molecular formula is C14H20BrN3. The Hall–Kier alpha value is -0.610. The number of anilines is 1. The van der Waals surface area contributed by atoms with Crippen molar-refractivity contribution in [3.05, 3.63) is 22.9 Å². The minimum atomic E-state index is 0.499. The van der Waals surface area contributed by atoms with Crippen LogP contribution in [0.4, 0.5) is 5.69 Å². The van der Waals surface area contributed by atoms with Crippen LogP contribution in [0.1, 0.15) is 25.7 Å². The second-order valence-corrected chi connectivity index (χ2v) is 6.49. The monoisotopic (exact) mass is 309 g/mol. The van der Waals surface area contributed by atoms with Crippen molar-refractivity contribution in [1.82, 2.24) is 10.3 Å². The molecule has 0 bridgehead atoms. The van der Waals surface area contributed by atoms with E-state index >= 15 is 0 Å². The Morgan fingerprint density at radius 1 is 1.33 bits per heavy atom. The van der Waals surface area contributed by atoms with Crippen LogP contribution in [0, 0.1) is 5.41 Å². The number of piperidine rings is 2. The van der Waals surface area contributed by atoms with Gasteiger partial charge in [-0.05, 0) is 54.2 Å². The van der Waals surface area contributed by atoms with Gasteiger partial charge >= 0.3 is 0 Å². The lowest BCUT2D eigenvalue weighted by Gasteiger charge is -2.46. The van der Waals surface area contributed by atoms with Crippen molar-refractivity contribution in [3.8, 4) is 0 Å². The fraction of sp³-hybridized carbons (Fsp3) is 0.643. The van der Waals surface area contributed by atoms with E-state index in [4.69, 9.17) is 0 Å². The summed E-state index contributed by atoms with van der Waals surface area (Å²) < 4.78 is 1.12. The van der Waals surface area contributed by atoms with Gasteiger partial charge < -0.3 is 10.2 Å². The topological polar surface area (TPSA) is 28.2 Å². The van der Waals surface area contributed by atoms with E-state index in [0.717, 1.165) is 4.47 Å². The third-order valence-corrected chi connectivity index (χ3v) is 4.92. The molecule has 1 unspecified atom stereocenters. The summed E-state index contributed by atoms with van der Waals surface area (Å²) in [6, 6.07) is 2.12. The van der Waals surface area contributed by atoms with Gasteiger partial charge in [-0.15, -0.1) is 0 Å². The van der Waals surface area contributed by atoms with Gasteiger partial charge in [-0.1, -0.05) is 0 Å². The summed E-state index contributed by atoms with van der Waals surface area (Å²) >= 11 is 3.62. The Bertz CT molecular complexity index is 410. The largest absolute Gasteiger partial charge is 0.370 e. The first-order valence-electron chi connectivity index (χ1n) is 6.84. The summed E-state index contributed by atoms with van der Waals surface area (Å²) in [5, 5.41) is 3.58. The molecule has 18 heavy (non-hydrogen) atoms. The maximum atomic E-state index is 4.16. The molecule has 2 aliphatic rings. The van der Waals surface area contributed by atoms with Crippen LogP contribution in [0.2, 0.25) is 0 Å². The van der Waals surface area contributed by atoms with Crippen LogP contribution in [0.5, 0.6) is 0 Å². The highest BCUT2D eigenvalue weighted by Gasteiger charge is 2.36. The van der Waals surface area contributed by atoms with Crippen LogP contribution in [-0.2, 0) is 0 Å². The van der Waals surface area contributed by atoms with Gasteiger partial charge in [0.25, 0.3) is 0 Å². The van der Waals surface area contributed by atoms with Crippen LogP contribution >= 0.6 is 15.9 Å². The minimum Gasteiger partial charge on any atom is -0.370 e. The summed E-state index contributed by atoms with van der Waals surface area (Å²) in [6.07, 6.45) is 9.16. The molecule has 1 spiro atoms. The molecule has 0 radical (unpaired) electrons. The summed E-state index contributed by atoms with van der Waals surface area (Å²) in [6.45, 7) is 4.74. The smallest absolute Gasteiger partial charge is 0.0592 e. The number of nitrogens with one attached hydrogen (secondary N) is 1. The predicted molar refractivity (Wildman–Crippen MR) is 77.9 cm³/mol. The molecule has 2 fully saturated rings. The van der Waals surface area contributed by atoms with Crippen molar-refractivity contribution < 1.29 is 0 Å². The average Bonchev–Trinajstić information content (AvgIpc) is 2.40. The lowest BCUT2D eigenvalue weighted by atomic mass is 9.74. The Labute approximate surface area is 117 Å². The fourth-order valence-electron chi connectivity index (χ4n) is 3.42. The molecule has 2 aliphatic heterocycles. The molecular weight excluding hydrogens is 290 g/mol. The summed E-state index contributed by atoms with van der Waals surface area (Å²) in [4.78, 5) is 6.69. The summed E-state index contributed by atoms with van der Waals surface area (Å²) in [5.74, 6) is 0. The molecule has 0 saturated carbocycles. The van der Waals surface area contributed by atoms with Crippen LogP contribution < -0.4 is 10.2 Å². The highest BCUT2D eigenvalue weighted by Crippen LogP contribution is 2.38. The standard InChI is InChI=1S/C14H20BrN3/c15-12-9-16-7-3-13(12)18-8-2-5-14(11-18)4-1-6-17-10-14/h3,7,9,17H,1-2,4-6,8,10-11H2. The number of aromatic nitrogens is 1. The van der Waals surface area contributed by atoms with E-state index in [0.29, 0.717) is 5.41 Å². The maximum absolute atomic E-state index is 4.16. The van der Waals surface area contributed by atoms with Crippen molar-refractivity contribution in [1.29, 1.82) is 0 Å². The van der Waals surface area contributed by atoms with Gasteiger partial charge in [0.2, 0.25) is 0 Å². The highest BCUT2D eigenvalue weighted by atomic mass is 79.9. The van der Waals surface area contributed by atoms with Crippen molar-refractivity contribution in [2.24, 2.45) is 5.41 Å². The molecule has 3 heterocycles. The lowest BCUT2D eigenvalue weighted by molar-refractivity contribution is 0.173. The van der Waals surface area contributed by atoms with Crippen LogP contribution in [0.25, 0.3) is 0 Å². The molecule has 0 aliphatic carbocycles. The molecule has 1 aromatic rings. The normalized spacial score (nSPS) is 28.6. The van der Waals surface area contributed by atoms with E-state index in [2.05, 4.69) is 37.2 Å². The van der Waals surface area contributed by atoms with Gasteiger partial charge in [0.1, 0.15) is 0 Å². The second-order valence-electron chi connectivity index (χ2n) is 5.63. The summed E-state index contributed by atoms with van der Waals surface area (Å²) in [5.41, 5.74) is 1.80. The van der Waals surface area contributed by atoms with E-state index in [1.165, 1.54) is 57.5 Å². The second kappa shape index (κ2) is 5.17. The molecule has 0 aromatic carbocycles. The minimum absolute atomic E-state index is 0.499. The number of hydrogen-bond donors (Lipinski definition) is 1. The summed E-state index contributed by atoms with van der Waals surface area (Å²) in [7, 11) is 0. The number of hydrogen-bond acceptors (Lipinski definition) is 3. The molecule has 1 aromatic heterocycles. The third kappa shape index (κ3) is 2.41. The Kier molecular flexibility index (Phi) is 3.57. The first-order valence-corrected chi connectivity index (χ1v) is 7.64. The van der Waals surface area contributed by atoms with E-state index in [1.54, 1.807) is 0 Å². The highest BCUT2D eigenvalue weighted by molar-refractivity contribution is 9.10. The zero-order chi connectivity index (χ0) is 12.4. The Morgan fingerprint density at radius 3 is 3.00 bits per heavy atom. The predicted octanol–water partition coefficient (Wildman–Crippen LogP) is 2.81. The van der Waals surface area contributed by atoms with Gasteiger partial charge in [-0.25, -0.2) is 0 Å². The SMILES string of the molecule is Brc1cnccc1N1CCCC2(CCCNC2)C1. The van der Waals surface area contributed by atoms with E-state index < -0.39 is 0 Å². The quantitative estimate of drug-likeness (QED) is 0.864. The van der Waals surface area contributed by atoms with Gasteiger partial charge in [-0.3, -0.25) is 4.98 Å². The molecule has 3 rings (SSSR count). The molecule has 4 heteroatoms. The number of rotatable bonds is 1. The number of pyridine rings is 1. The van der Waals surface area contributed by atoms with Crippen LogP contribution in [-0.4, -0.2) is 31.2 Å². The average molecular weight is 310 g/mol. The van der Waals surface area contributed by atoms with Gasteiger partial charge in [0.15, 0.2) is 0 Å². The zero-order valence-corrected chi connectivity index (χ0v) is 12.2. The van der Waals surface area contributed by atoms with Crippen LogP contribution in [0.15, 0.2) is 22.9 Å². The van der Waals surface area contributed by atoms with Gasteiger partial charge in [-0.2, -0.15) is 0 Å². The van der Waals surface area contributed by atoms with Crippen LogP contribution in [0.3, 0.4) is 0 Å². The lowest BCUT2D eigenvalue weighted by Crippen LogP contribution is -2.51. The molecule has 0 amide bonds.